The number of aliphatic carboxylic acids is 1. The number of nitrogens with one attached hydrogen (secondary N) is 11. The molecule has 0 saturated heterocycles. The molecule has 0 aliphatic heterocycles. The van der Waals surface area contributed by atoms with Crippen LogP contribution in [0.25, 0.3) is 0 Å². The first kappa shape index (κ1) is 101. The summed E-state index contributed by atoms with van der Waals surface area (Å²) in [6.07, 6.45) is 9.49. The molecule has 0 rings (SSSR count). The van der Waals surface area contributed by atoms with Crippen LogP contribution in [0.3, 0.4) is 0 Å². The number of carboxylic acids is 1. The first-order valence-corrected chi connectivity index (χ1v) is 37.6. The summed E-state index contributed by atoms with van der Waals surface area (Å²) in [5.74, 6) is -15.5. The SMILES string of the molecule is CCCCCCCCCCCCCCCC(=O)NC(CCCN=C(N)N)C(=O)NC(CO)C(=O)NC(CO)C(=O)NC(CCCN=C(N)N)C(=O)NC(CCC(O)O)C(=O)NC(CCCCN)C(=O)NC(CCCN=C(N)N)C(=O)NC(CCCN=C(N)N)C(=O)NC(CO)C(=O)NC(C)C(=O)NC(CC(=O)O)C(N)=O. The fourth-order valence-corrected chi connectivity index (χ4v) is 10.8. The van der Waals surface area contributed by atoms with Crippen molar-refractivity contribution >= 4 is 101 Å². The number of unbranched alkanes of at least 4 members (excludes halogenated alkanes) is 13. The van der Waals surface area contributed by atoms with E-state index in [1.54, 1.807) is 0 Å². The second kappa shape index (κ2) is 59.8. The predicted molar refractivity (Wildman–Crippen MR) is 410 cm³/mol. The maximum Gasteiger partial charge on any atom is 0.305 e. The molecule has 11 atom stereocenters. The maximum absolute atomic E-state index is 14.6. The summed E-state index contributed by atoms with van der Waals surface area (Å²) in [5, 5.41) is 86.5. The molecule has 634 valence electrons. The molecule has 44 nitrogen and oxygen atoms in total. The van der Waals surface area contributed by atoms with Gasteiger partial charge in [0.1, 0.15) is 66.5 Å². The van der Waals surface area contributed by atoms with Gasteiger partial charge >= 0.3 is 5.97 Å². The Morgan fingerprint density at radius 2 is 0.586 bits per heavy atom. The molecular weight excluding hydrogens is 1460 g/mol. The molecule has 44 heteroatoms. The molecule has 111 heavy (non-hydrogen) atoms. The number of rotatable bonds is 64. The summed E-state index contributed by atoms with van der Waals surface area (Å²) in [4.78, 5) is 192. The summed E-state index contributed by atoms with van der Waals surface area (Å²) < 4.78 is 0. The highest BCUT2D eigenvalue weighted by Crippen LogP contribution is 2.15. The fourth-order valence-electron chi connectivity index (χ4n) is 10.8. The molecule has 37 N–H and O–H groups in total. The van der Waals surface area contributed by atoms with Crippen molar-refractivity contribution in [2.24, 2.45) is 77.3 Å². The Balaban J connectivity index is 7.01. The number of carbonyl (C=O) groups is 13. The number of amides is 12. The standard InChI is InChI=1S/C67H127N25O19/c1-3-4-5-6-7-8-9-10-11-12-13-14-15-27-50(96)83-40(23-18-31-78-64(70)71)55(103)91-49(38-95)63(111)92-48(37-94)62(110)87-43(25-20-33-80-66(74)75)58(106)88-45(28-29-51(97)98)60(108)84-41(22-16-17-30-68)56(104)85-42(24-19-32-79-65(72)73)57(105)86-44(26-21-34-81-67(76)77)59(107)90-47(36-93)61(109)82-39(2)54(102)89-46(53(69)101)35-52(99)100/h39-49,51,93-95,97-98H,3-38,68H2,1-2H3,(H2,69,101)(H,82,109)(H,83,96)(H,84,108)(H,85,104)(H,86,105)(H,87,110)(H,88,106)(H,89,102)(H,90,107)(H,91,103)(H,92,111)(H,99,100)(H4,70,71,78)(H4,72,73,79)(H4,74,75,80)(H4,76,77,81). The Labute approximate surface area is 646 Å². The van der Waals surface area contributed by atoms with Gasteiger partial charge in [0.25, 0.3) is 0 Å². The van der Waals surface area contributed by atoms with Gasteiger partial charge in [0.2, 0.25) is 70.9 Å². The molecular formula is C67H127N25O19. The molecule has 11 unspecified atom stereocenters. The number of guanidine groups is 4. The monoisotopic (exact) mass is 1590 g/mol. The van der Waals surface area contributed by atoms with Crippen molar-refractivity contribution in [2.45, 2.75) is 266 Å². The summed E-state index contributed by atoms with van der Waals surface area (Å²) in [6.45, 7) is -0.182. The zero-order valence-corrected chi connectivity index (χ0v) is 63.9. The molecule has 0 heterocycles. The summed E-state index contributed by atoms with van der Waals surface area (Å²) in [6, 6.07) is -18.3. The Bertz CT molecular complexity index is 2990. The molecule has 0 aromatic rings. The fraction of sp³-hybridized carbons (Fsp3) is 0.746. The van der Waals surface area contributed by atoms with Crippen LogP contribution in [0.2, 0.25) is 0 Å². The van der Waals surface area contributed by atoms with Gasteiger partial charge in [0.05, 0.1) is 26.2 Å². The smallest absolute Gasteiger partial charge is 0.305 e. The van der Waals surface area contributed by atoms with E-state index in [-0.39, 0.29) is 134 Å². The number of primary amides is 1. The van der Waals surface area contributed by atoms with Crippen molar-refractivity contribution in [3.05, 3.63) is 0 Å². The van der Waals surface area contributed by atoms with E-state index in [1.807, 2.05) is 0 Å². The van der Waals surface area contributed by atoms with Crippen LogP contribution in [0.4, 0.5) is 0 Å². The number of hydrogen-bond acceptors (Lipinski definition) is 23. The van der Waals surface area contributed by atoms with Crippen LogP contribution < -0.4 is 116 Å². The van der Waals surface area contributed by atoms with E-state index >= 15 is 0 Å². The van der Waals surface area contributed by atoms with Crippen molar-refractivity contribution in [3.63, 3.8) is 0 Å². The normalized spacial score (nSPS) is 14.0. The number of nitrogens with two attached hydrogens (primary N) is 10. The van der Waals surface area contributed by atoms with Gasteiger partial charge in [0, 0.05) is 39.0 Å². The van der Waals surface area contributed by atoms with Gasteiger partial charge in [-0.15, -0.1) is 0 Å². The number of carboxylic acid groups (broad SMARTS) is 1. The first-order chi connectivity index (χ1) is 52.6. The zero-order valence-electron chi connectivity index (χ0n) is 63.9. The van der Waals surface area contributed by atoms with Crippen molar-refractivity contribution in [1.82, 2.24) is 58.5 Å². The third kappa shape index (κ3) is 48.3. The molecule has 0 aliphatic rings. The highest BCUT2D eigenvalue weighted by Gasteiger charge is 2.36. The number of carbonyl (C=O) groups excluding carboxylic acids is 12. The Morgan fingerprint density at radius 1 is 0.315 bits per heavy atom. The van der Waals surface area contributed by atoms with E-state index < -0.39 is 189 Å². The minimum absolute atomic E-state index is 0.0145. The third-order valence-corrected chi connectivity index (χ3v) is 17.0. The van der Waals surface area contributed by atoms with Crippen molar-refractivity contribution in [1.29, 1.82) is 0 Å². The lowest BCUT2D eigenvalue weighted by Crippen LogP contribution is -2.61. The van der Waals surface area contributed by atoms with Gasteiger partial charge < -0.3 is 146 Å². The van der Waals surface area contributed by atoms with Gasteiger partial charge in [-0.05, 0) is 96.9 Å². The van der Waals surface area contributed by atoms with Crippen LogP contribution in [0.5, 0.6) is 0 Å². The molecule has 0 aliphatic carbocycles. The van der Waals surface area contributed by atoms with Gasteiger partial charge in [-0.1, -0.05) is 84.0 Å². The lowest BCUT2D eigenvalue weighted by molar-refractivity contribution is -0.140. The minimum atomic E-state index is -2.09. The number of aliphatic imine (C=N–C) groups is 4. The summed E-state index contributed by atoms with van der Waals surface area (Å²) in [5.41, 5.74) is 55.0. The van der Waals surface area contributed by atoms with Crippen LogP contribution in [0.15, 0.2) is 20.0 Å². The van der Waals surface area contributed by atoms with Crippen LogP contribution in [0.1, 0.15) is 194 Å². The van der Waals surface area contributed by atoms with E-state index in [0.717, 1.165) is 39.0 Å². The molecule has 0 fully saturated rings. The highest BCUT2D eigenvalue weighted by atomic mass is 16.5. The van der Waals surface area contributed by atoms with E-state index in [1.165, 1.54) is 44.9 Å². The highest BCUT2D eigenvalue weighted by molar-refractivity contribution is 5.99. The van der Waals surface area contributed by atoms with Crippen molar-refractivity contribution < 1.29 is 93.0 Å². The largest absolute Gasteiger partial charge is 0.481 e. The third-order valence-electron chi connectivity index (χ3n) is 17.0. The lowest BCUT2D eigenvalue weighted by atomic mass is 10.0. The number of aliphatic hydroxyl groups is 5. The van der Waals surface area contributed by atoms with E-state index in [2.05, 4.69) is 85.4 Å². The average Bonchev–Trinajstić information content (AvgIpc) is 0.859. The Kier molecular flexibility index (Phi) is 54.4. The predicted octanol–water partition coefficient (Wildman–Crippen LogP) is -8.81. The number of hydrogen-bond donors (Lipinski definition) is 27. The Hall–Kier alpha value is -10.1. The van der Waals surface area contributed by atoms with Crippen molar-refractivity contribution in [2.75, 3.05) is 52.5 Å². The molecule has 0 spiro atoms. The van der Waals surface area contributed by atoms with Crippen LogP contribution in [0, 0.1) is 0 Å². The molecule has 0 aromatic carbocycles. The minimum Gasteiger partial charge on any atom is -0.481 e. The quantitative estimate of drug-likeness (QED) is 0.0116. The lowest BCUT2D eigenvalue weighted by Gasteiger charge is -2.28. The van der Waals surface area contributed by atoms with Gasteiger partial charge in [-0.25, -0.2) is 0 Å². The molecule has 0 radical (unpaired) electrons. The summed E-state index contributed by atoms with van der Waals surface area (Å²) >= 11 is 0. The van der Waals surface area contributed by atoms with Crippen LogP contribution in [-0.2, 0) is 62.3 Å². The van der Waals surface area contributed by atoms with Crippen molar-refractivity contribution in [3.8, 4) is 0 Å². The molecule has 0 saturated carbocycles. The maximum atomic E-state index is 14.6. The molecule has 0 bridgehead atoms. The van der Waals surface area contributed by atoms with Gasteiger partial charge in [-0.3, -0.25) is 82.3 Å². The summed E-state index contributed by atoms with van der Waals surface area (Å²) in [7, 11) is 0. The van der Waals surface area contributed by atoms with E-state index in [0.29, 0.717) is 6.42 Å². The Morgan fingerprint density at radius 3 is 0.874 bits per heavy atom. The number of nitrogens with zero attached hydrogens (tertiary/aromatic N) is 4. The second-order valence-corrected chi connectivity index (χ2v) is 26.6. The topological polar surface area (TPSA) is 785 Å². The van der Waals surface area contributed by atoms with Crippen LogP contribution >= 0.6 is 0 Å². The van der Waals surface area contributed by atoms with Gasteiger partial charge in [-0.2, -0.15) is 0 Å². The van der Waals surface area contributed by atoms with Crippen LogP contribution in [-0.4, -0.2) is 257 Å². The first-order valence-electron chi connectivity index (χ1n) is 37.6. The second-order valence-electron chi connectivity index (χ2n) is 26.6. The molecule has 0 aromatic heterocycles. The zero-order chi connectivity index (χ0) is 83.8. The average molecular weight is 1590 g/mol. The molecule has 12 amide bonds. The van der Waals surface area contributed by atoms with E-state index in [9.17, 15) is 87.9 Å². The van der Waals surface area contributed by atoms with Gasteiger partial charge in [0.15, 0.2) is 30.1 Å². The van der Waals surface area contributed by atoms with E-state index in [4.69, 9.17) is 62.4 Å². The number of aliphatic hydroxyl groups excluding tert-OH is 4.